The molecule has 4 rings (SSSR count). The first-order valence-electron chi connectivity index (χ1n) is 11.8. The minimum atomic E-state index is -0.767. The number of carbonyl (C=O) groups is 3. The first kappa shape index (κ1) is 24.3. The first-order chi connectivity index (χ1) is 16.2. The van der Waals surface area contributed by atoms with E-state index < -0.39 is 18.2 Å². The Hall–Kier alpha value is -2.78. The van der Waals surface area contributed by atoms with Gasteiger partial charge in [0.2, 0.25) is 17.7 Å². The second-order valence-corrected chi connectivity index (χ2v) is 10.2. The summed E-state index contributed by atoms with van der Waals surface area (Å²) < 4.78 is 0. The van der Waals surface area contributed by atoms with Crippen LogP contribution in [0.4, 0.5) is 0 Å². The molecule has 4 unspecified atom stereocenters. The number of β-amino-alcohol motifs (C(OH)–C–C–N with tert-alkyl or cyclic N) is 1. The van der Waals surface area contributed by atoms with E-state index in [0.29, 0.717) is 0 Å². The van der Waals surface area contributed by atoms with E-state index in [-0.39, 0.29) is 42.6 Å². The second kappa shape index (κ2) is 10.2. The molecular formula is C25H32N4O4S. The van der Waals surface area contributed by atoms with Crippen molar-refractivity contribution in [2.75, 3.05) is 6.54 Å². The quantitative estimate of drug-likeness (QED) is 0.559. The van der Waals surface area contributed by atoms with Gasteiger partial charge in [-0.2, -0.15) is 0 Å². The lowest BCUT2D eigenvalue weighted by molar-refractivity contribution is -0.143. The van der Waals surface area contributed by atoms with Gasteiger partial charge in [-0.3, -0.25) is 14.4 Å². The molecule has 1 aliphatic heterocycles. The first-order valence-corrected chi connectivity index (χ1v) is 12.7. The van der Waals surface area contributed by atoms with Crippen LogP contribution in [0.5, 0.6) is 0 Å². The zero-order valence-electron chi connectivity index (χ0n) is 19.8. The summed E-state index contributed by atoms with van der Waals surface area (Å²) in [7, 11) is 0. The van der Waals surface area contributed by atoms with Crippen molar-refractivity contribution in [2.24, 2.45) is 5.92 Å². The van der Waals surface area contributed by atoms with E-state index in [2.05, 4.69) is 15.6 Å². The molecule has 2 fully saturated rings. The number of nitrogens with zero attached hydrogens (tertiary/aromatic N) is 2. The van der Waals surface area contributed by atoms with Gasteiger partial charge in [0.05, 0.1) is 28.2 Å². The van der Waals surface area contributed by atoms with E-state index >= 15 is 0 Å². The lowest BCUT2D eigenvalue weighted by atomic mass is 9.79. The highest BCUT2D eigenvalue weighted by Gasteiger charge is 2.44. The number of aryl methyl sites for hydroxylation is 1. The smallest absolute Gasteiger partial charge is 0.246 e. The van der Waals surface area contributed by atoms with E-state index in [4.69, 9.17) is 0 Å². The predicted octanol–water partition coefficient (Wildman–Crippen LogP) is 2.56. The molecule has 1 aromatic heterocycles. The molecule has 2 heterocycles. The molecule has 0 bridgehead atoms. The fourth-order valence-corrected chi connectivity index (χ4v) is 5.56. The van der Waals surface area contributed by atoms with Gasteiger partial charge in [-0.25, -0.2) is 4.98 Å². The summed E-state index contributed by atoms with van der Waals surface area (Å²) in [6.07, 6.45) is 2.19. The molecule has 2 aromatic rings. The topological polar surface area (TPSA) is 112 Å². The zero-order chi connectivity index (χ0) is 24.4. The van der Waals surface area contributed by atoms with Crippen molar-refractivity contribution in [2.45, 2.75) is 70.7 Å². The van der Waals surface area contributed by atoms with Crippen LogP contribution in [0.1, 0.15) is 56.8 Å². The van der Waals surface area contributed by atoms with Gasteiger partial charge in [0.25, 0.3) is 0 Å². The van der Waals surface area contributed by atoms with Gasteiger partial charge < -0.3 is 20.6 Å². The van der Waals surface area contributed by atoms with E-state index in [1.165, 1.54) is 11.8 Å². The van der Waals surface area contributed by atoms with E-state index in [0.717, 1.165) is 41.0 Å². The van der Waals surface area contributed by atoms with Crippen LogP contribution in [-0.4, -0.2) is 57.4 Å². The molecular weight excluding hydrogens is 452 g/mol. The minimum absolute atomic E-state index is 0.0810. The maximum Gasteiger partial charge on any atom is 0.246 e. The number of aliphatic hydroxyl groups is 1. The third-order valence-electron chi connectivity index (χ3n) is 6.89. The van der Waals surface area contributed by atoms with E-state index in [1.54, 1.807) is 11.3 Å². The molecule has 4 atom stereocenters. The molecule has 0 radical (unpaired) electrons. The Morgan fingerprint density at radius 2 is 1.88 bits per heavy atom. The highest BCUT2D eigenvalue weighted by Crippen LogP contribution is 2.32. The number of carbonyl (C=O) groups excluding carboxylic acids is 3. The average molecular weight is 485 g/mol. The number of likely N-dealkylation sites (tertiary alicyclic amines) is 1. The predicted molar refractivity (Wildman–Crippen MR) is 130 cm³/mol. The van der Waals surface area contributed by atoms with Crippen LogP contribution in [0, 0.1) is 12.8 Å². The highest BCUT2D eigenvalue weighted by molar-refractivity contribution is 7.13. The number of thiazole rings is 1. The summed E-state index contributed by atoms with van der Waals surface area (Å²) in [5.74, 6) is -0.766. The molecule has 182 valence electrons. The summed E-state index contributed by atoms with van der Waals surface area (Å²) in [5, 5.41) is 16.0. The number of aromatic nitrogens is 1. The van der Waals surface area contributed by atoms with Crippen LogP contribution in [0.25, 0.3) is 10.4 Å². The normalized spacial score (nSPS) is 22.1. The number of hydrogen-bond acceptors (Lipinski definition) is 6. The molecule has 2 aliphatic rings. The largest absolute Gasteiger partial charge is 0.391 e. The fourth-order valence-electron chi connectivity index (χ4n) is 4.75. The molecule has 34 heavy (non-hydrogen) atoms. The van der Waals surface area contributed by atoms with Gasteiger partial charge in [0.15, 0.2) is 0 Å². The summed E-state index contributed by atoms with van der Waals surface area (Å²) >= 11 is 1.59. The third kappa shape index (κ3) is 5.15. The summed E-state index contributed by atoms with van der Waals surface area (Å²) in [6, 6.07) is 6.32. The molecule has 0 spiro atoms. The van der Waals surface area contributed by atoms with Crippen LogP contribution in [0.2, 0.25) is 0 Å². The number of rotatable bonds is 7. The maximum atomic E-state index is 13.3. The van der Waals surface area contributed by atoms with Gasteiger partial charge in [0.1, 0.15) is 12.1 Å². The second-order valence-electron chi connectivity index (χ2n) is 9.38. The summed E-state index contributed by atoms with van der Waals surface area (Å²) in [5.41, 5.74) is 4.84. The van der Waals surface area contributed by atoms with Gasteiger partial charge in [-0.1, -0.05) is 30.7 Å². The monoisotopic (exact) mass is 484 g/mol. The Morgan fingerprint density at radius 1 is 1.18 bits per heavy atom. The van der Waals surface area contributed by atoms with Crippen molar-refractivity contribution < 1.29 is 19.5 Å². The molecule has 1 aromatic carbocycles. The molecule has 1 saturated carbocycles. The van der Waals surface area contributed by atoms with Gasteiger partial charge in [-0.05, 0) is 43.7 Å². The van der Waals surface area contributed by atoms with E-state index in [9.17, 15) is 19.5 Å². The van der Waals surface area contributed by atoms with Crippen molar-refractivity contribution in [1.29, 1.82) is 0 Å². The number of amides is 3. The Kier molecular flexibility index (Phi) is 7.33. The molecule has 1 aliphatic carbocycles. The zero-order valence-corrected chi connectivity index (χ0v) is 20.6. The summed E-state index contributed by atoms with van der Waals surface area (Å²) in [4.78, 5) is 45.1. The van der Waals surface area contributed by atoms with Crippen LogP contribution in [0.3, 0.4) is 0 Å². The Balaban J connectivity index is 1.44. The molecule has 8 nitrogen and oxygen atoms in total. The molecule has 1 saturated heterocycles. The molecule has 9 heteroatoms. The van der Waals surface area contributed by atoms with Crippen molar-refractivity contribution >= 4 is 29.1 Å². The van der Waals surface area contributed by atoms with Crippen molar-refractivity contribution in [3.63, 3.8) is 0 Å². The van der Waals surface area contributed by atoms with Crippen LogP contribution in [0.15, 0.2) is 29.8 Å². The fraction of sp³-hybridized carbons (Fsp3) is 0.520. The van der Waals surface area contributed by atoms with Crippen LogP contribution < -0.4 is 10.6 Å². The van der Waals surface area contributed by atoms with Gasteiger partial charge >= 0.3 is 0 Å². The van der Waals surface area contributed by atoms with Crippen LogP contribution in [-0.2, 0) is 14.4 Å². The maximum absolute atomic E-state index is 13.3. The average Bonchev–Trinajstić information content (AvgIpc) is 3.36. The molecule has 3 N–H and O–H groups in total. The lowest BCUT2D eigenvalue weighted by Crippen LogP contribution is -2.56. The Morgan fingerprint density at radius 3 is 2.44 bits per heavy atom. The van der Waals surface area contributed by atoms with Gasteiger partial charge in [0, 0.05) is 19.9 Å². The highest BCUT2D eigenvalue weighted by atomic mass is 32.1. The van der Waals surface area contributed by atoms with Crippen molar-refractivity contribution in [1.82, 2.24) is 20.5 Å². The number of hydrogen-bond donors (Lipinski definition) is 3. The summed E-state index contributed by atoms with van der Waals surface area (Å²) in [6.45, 7) is 5.37. The van der Waals surface area contributed by atoms with Gasteiger partial charge in [-0.15, -0.1) is 11.3 Å². The number of nitrogens with one attached hydrogen (secondary N) is 2. The number of benzene rings is 1. The SMILES string of the molecule is CC(=O)NC(C(=O)N1CC(O)CC1C(=O)NC(C)c1ccc(-c2scnc2C)cc1)C1CCC1. The third-order valence-corrected chi connectivity index (χ3v) is 7.87. The lowest BCUT2D eigenvalue weighted by Gasteiger charge is -2.36. The standard InChI is InChI=1S/C25H32N4O4S/c1-14(17-7-9-19(10-8-17)23-15(2)26-13-34-23)27-24(32)21-11-20(31)12-29(21)25(33)22(28-16(3)30)18-5-4-6-18/h7-10,13-14,18,20-22,31H,4-6,11-12H2,1-3H3,(H,27,32)(H,28,30). The van der Waals surface area contributed by atoms with Crippen molar-refractivity contribution in [3.8, 4) is 10.4 Å². The Bertz CT molecular complexity index is 1050. The Labute approximate surface area is 203 Å². The number of aliphatic hydroxyl groups excluding tert-OH is 1. The van der Waals surface area contributed by atoms with Crippen LogP contribution >= 0.6 is 11.3 Å². The van der Waals surface area contributed by atoms with E-state index in [1.807, 2.05) is 43.6 Å². The molecule has 3 amide bonds. The van der Waals surface area contributed by atoms with Crippen molar-refractivity contribution in [3.05, 3.63) is 41.0 Å². The minimum Gasteiger partial charge on any atom is -0.391 e.